The molecule has 2 aliphatic carbocycles. The van der Waals surface area contributed by atoms with Crippen LogP contribution in [0.25, 0.3) is 0 Å². The smallest absolute Gasteiger partial charge is 0.0302 e. The van der Waals surface area contributed by atoms with Gasteiger partial charge in [-0.15, -0.1) is 11.3 Å². The zero-order chi connectivity index (χ0) is 11.0. The average molecular weight is 236 g/mol. The lowest BCUT2D eigenvalue weighted by Gasteiger charge is -2.10. The van der Waals surface area contributed by atoms with E-state index in [2.05, 4.69) is 11.4 Å². The van der Waals surface area contributed by atoms with Crippen molar-refractivity contribution in [2.24, 2.45) is 5.73 Å². The maximum absolute atomic E-state index is 5.92. The highest BCUT2D eigenvalue weighted by molar-refractivity contribution is 7.12. The zero-order valence-corrected chi connectivity index (χ0v) is 10.5. The van der Waals surface area contributed by atoms with E-state index >= 15 is 0 Å². The molecule has 1 aromatic rings. The van der Waals surface area contributed by atoms with Crippen molar-refractivity contribution >= 4 is 11.3 Å². The van der Waals surface area contributed by atoms with Crippen molar-refractivity contribution in [2.45, 2.75) is 57.2 Å². The lowest BCUT2D eigenvalue weighted by Crippen LogP contribution is -2.27. The molecule has 0 bridgehead atoms. The molecule has 1 heterocycles. The Morgan fingerprint density at radius 1 is 1.38 bits per heavy atom. The second kappa shape index (κ2) is 4.47. The minimum atomic E-state index is 0.436. The van der Waals surface area contributed by atoms with Crippen LogP contribution in [0.4, 0.5) is 0 Å². The third kappa shape index (κ3) is 2.17. The van der Waals surface area contributed by atoms with Gasteiger partial charge in [-0.3, -0.25) is 0 Å². The van der Waals surface area contributed by atoms with Crippen LogP contribution in [0, 0.1) is 0 Å². The first-order valence-corrected chi connectivity index (χ1v) is 7.22. The molecule has 16 heavy (non-hydrogen) atoms. The van der Waals surface area contributed by atoms with Gasteiger partial charge in [0.05, 0.1) is 0 Å². The monoisotopic (exact) mass is 236 g/mol. The quantitative estimate of drug-likeness (QED) is 0.844. The van der Waals surface area contributed by atoms with Crippen LogP contribution in [0.2, 0.25) is 0 Å². The van der Waals surface area contributed by atoms with E-state index in [4.69, 9.17) is 5.73 Å². The first-order valence-electron chi connectivity index (χ1n) is 6.40. The molecular weight excluding hydrogens is 216 g/mol. The summed E-state index contributed by atoms with van der Waals surface area (Å²) in [5, 5.41) is 3.65. The van der Waals surface area contributed by atoms with E-state index in [-0.39, 0.29) is 0 Å². The molecule has 3 rings (SSSR count). The largest absolute Gasteiger partial charge is 0.328 e. The normalized spacial score (nSPS) is 28.6. The van der Waals surface area contributed by atoms with Crippen molar-refractivity contribution in [3.8, 4) is 0 Å². The van der Waals surface area contributed by atoms with Gasteiger partial charge in [-0.25, -0.2) is 0 Å². The summed E-state index contributed by atoms with van der Waals surface area (Å²) >= 11 is 2.01. The summed E-state index contributed by atoms with van der Waals surface area (Å²) in [6.07, 6.45) is 7.59. The van der Waals surface area contributed by atoms with Crippen molar-refractivity contribution in [1.29, 1.82) is 0 Å². The molecule has 2 unspecified atom stereocenters. The van der Waals surface area contributed by atoms with Gasteiger partial charge < -0.3 is 11.1 Å². The number of nitrogens with one attached hydrogen (secondary N) is 1. The van der Waals surface area contributed by atoms with Gasteiger partial charge in [-0.2, -0.15) is 0 Å². The first-order chi connectivity index (χ1) is 7.81. The van der Waals surface area contributed by atoms with E-state index in [1.54, 1.807) is 10.4 Å². The molecule has 1 fully saturated rings. The molecular formula is C13H20N2S. The van der Waals surface area contributed by atoms with Crippen molar-refractivity contribution in [3.63, 3.8) is 0 Å². The summed E-state index contributed by atoms with van der Waals surface area (Å²) in [7, 11) is 0. The molecule has 2 atom stereocenters. The highest BCUT2D eigenvalue weighted by Gasteiger charge is 2.21. The molecule has 1 saturated carbocycles. The number of aryl methyl sites for hydroxylation is 2. The van der Waals surface area contributed by atoms with E-state index in [0.29, 0.717) is 12.1 Å². The van der Waals surface area contributed by atoms with Crippen LogP contribution < -0.4 is 11.1 Å². The van der Waals surface area contributed by atoms with Crippen molar-refractivity contribution in [3.05, 3.63) is 21.4 Å². The molecule has 0 amide bonds. The molecule has 1 aromatic heterocycles. The van der Waals surface area contributed by atoms with Crippen molar-refractivity contribution in [1.82, 2.24) is 5.32 Å². The Balaban J connectivity index is 1.54. The second-order valence-corrected chi connectivity index (χ2v) is 6.39. The van der Waals surface area contributed by atoms with E-state index in [1.807, 2.05) is 11.3 Å². The Labute approximate surface area is 101 Å². The fraction of sp³-hybridized carbons (Fsp3) is 0.692. The molecule has 88 valence electrons. The number of hydrogen-bond acceptors (Lipinski definition) is 3. The molecule has 0 radical (unpaired) electrons. The predicted molar refractivity (Wildman–Crippen MR) is 68.8 cm³/mol. The standard InChI is InChI=1S/C13H20N2S/c14-10-4-5-11(7-10)15-8-12-6-9-2-1-3-13(9)16-12/h6,10-11,15H,1-5,7-8,14H2. The van der Waals surface area contributed by atoms with Gasteiger partial charge in [0.1, 0.15) is 0 Å². The van der Waals surface area contributed by atoms with E-state index in [9.17, 15) is 0 Å². The SMILES string of the molecule is NC1CCC(NCc2cc3c(s2)CCC3)C1. The van der Waals surface area contributed by atoms with Gasteiger partial charge in [-0.1, -0.05) is 0 Å². The van der Waals surface area contributed by atoms with Crippen LogP contribution in [0.3, 0.4) is 0 Å². The lowest BCUT2D eigenvalue weighted by molar-refractivity contribution is 0.519. The molecule has 0 saturated heterocycles. The Morgan fingerprint density at radius 2 is 2.31 bits per heavy atom. The van der Waals surface area contributed by atoms with Crippen LogP contribution >= 0.6 is 11.3 Å². The molecule has 3 N–H and O–H groups in total. The van der Waals surface area contributed by atoms with Crippen LogP contribution in [-0.4, -0.2) is 12.1 Å². The summed E-state index contributed by atoms with van der Waals surface area (Å²) in [6.45, 7) is 1.05. The topological polar surface area (TPSA) is 38.0 Å². The fourth-order valence-corrected chi connectivity index (χ4v) is 4.14. The van der Waals surface area contributed by atoms with Gasteiger partial charge in [0.2, 0.25) is 0 Å². The first kappa shape index (κ1) is 10.8. The Hall–Kier alpha value is -0.380. The predicted octanol–water partition coefficient (Wildman–Crippen LogP) is 2.21. The zero-order valence-electron chi connectivity index (χ0n) is 9.67. The molecule has 0 aromatic carbocycles. The summed E-state index contributed by atoms with van der Waals surface area (Å²) < 4.78 is 0. The van der Waals surface area contributed by atoms with Gasteiger partial charge in [-0.05, 0) is 50.2 Å². The van der Waals surface area contributed by atoms with Crippen LogP contribution in [0.1, 0.15) is 41.0 Å². The average Bonchev–Trinajstić information content (AvgIpc) is 2.89. The summed E-state index contributed by atoms with van der Waals surface area (Å²) in [4.78, 5) is 3.16. The Kier molecular flexibility index (Phi) is 3.01. The van der Waals surface area contributed by atoms with Crippen LogP contribution in [-0.2, 0) is 19.4 Å². The van der Waals surface area contributed by atoms with Gasteiger partial charge in [0.15, 0.2) is 0 Å². The highest BCUT2D eigenvalue weighted by Crippen LogP contribution is 2.30. The third-order valence-corrected chi connectivity index (χ3v) is 5.07. The molecule has 0 aliphatic heterocycles. The Morgan fingerprint density at radius 3 is 3.06 bits per heavy atom. The van der Waals surface area contributed by atoms with E-state index < -0.39 is 0 Å². The Bertz CT molecular complexity index is 351. The number of fused-ring (bicyclic) bond motifs is 1. The molecule has 0 spiro atoms. The lowest BCUT2D eigenvalue weighted by atomic mass is 10.2. The van der Waals surface area contributed by atoms with Gasteiger partial charge in [0.25, 0.3) is 0 Å². The van der Waals surface area contributed by atoms with Gasteiger partial charge >= 0.3 is 0 Å². The molecule has 2 aliphatic rings. The fourth-order valence-electron chi connectivity index (χ4n) is 2.92. The van der Waals surface area contributed by atoms with Gasteiger partial charge in [0, 0.05) is 28.4 Å². The highest BCUT2D eigenvalue weighted by atomic mass is 32.1. The maximum atomic E-state index is 5.92. The number of nitrogens with two attached hydrogens (primary N) is 1. The summed E-state index contributed by atoms with van der Waals surface area (Å²) in [6, 6.07) is 3.51. The van der Waals surface area contributed by atoms with Crippen LogP contribution in [0.15, 0.2) is 6.07 Å². The molecule has 3 heteroatoms. The van der Waals surface area contributed by atoms with Crippen molar-refractivity contribution < 1.29 is 0 Å². The number of hydrogen-bond donors (Lipinski definition) is 2. The van der Waals surface area contributed by atoms with E-state index in [0.717, 1.165) is 13.0 Å². The maximum Gasteiger partial charge on any atom is 0.0302 e. The van der Waals surface area contributed by atoms with Crippen molar-refractivity contribution in [2.75, 3.05) is 0 Å². The summed E-state index contributed by atoms with van der Waals surface area (Å²) in [5.41, 5.74) is 7.53. The number of rotatable bonds is 3. The number of thiophene rings is 1. The van der Waals surface area contributed by atoms with E-state index in [1.165, 1.54) is 37.0 Å². The summed E-state index contributed by atoms with van der Waals surface area (Å²) in [5.74, 6) is 0. The molecule has 2 nitrogen and oxygen atoms in total. The second-order valence-electron chi connectivity index (χ2n) is 5.17. The minimum Gasteiger partial charge on any atom is -0.328 e. The third-order valence-electron chi connectivity index (χ3n) is 3.84. The van der Waals surface area contributed by atoms with Crippen LogP contribution in [0.5, 0.6) is 0 Å². The minimum absolute atomic E-state index is 0.436.